The highest BCUT2D eigenvalue weighted by Crippen LogP contribution is 2.30. The average molecular weight is 291 g/mol. The van der Waals surface area contributed by atoms with Gasteiger partial charge >= 0.3 is 6.18 Å². The van der Waals surface area contributed by atoms with Crippen LogP contribution in [0.2, 0.25) is 0 Å². The molecule has 2 nitrogen and oxygen atoms in total. The van der Waals surface area contributed by atoms with Crippen LogP contribution in [0.25, 0.3) is 0 Å². The number of hydrogen-bond donors (Lipinski definition) is 1. The number of halogens is 3. The first-order valence-corrected chi connectivity index (χ1v) is 6.07. The normalized spacial score (nSPS) is 16.7. The summed E-state index contributed by atoms with van der Waals surface area (Å²) in [5.41, 5.74) is 0.0224. The molecule has 0 radical (unpaired) electrons. The Morgan fingerprint density at radius 2 is 1.86 bits per heavy atom. The van der Waals surface area contributed by atoms with Crippen molar-refractivity contribution >= 4 is 5.71 Å². The van der Waals surface area contributed by atoms with Crippen LogP contribution in [-0.4, -0.2) is 11.9 Å². The van der Waals surface area contributed by atoms with E-state index in [2.05, 4.69) is 6.58 Å². The SMILES string of the molecule is C=C(\C=C/C=C/C=C1\Oc2ccccc2C1=N)C(F)(F)F. The van der Waals surface area contributed by atoms with Crippen LogP contribution in [0.5, 0.6) is 5.75 Å². The zero-order valence-electron chi connectivity index (χ0n) is 10.9. The molecule has 0 bridgehead atoms. The maximum absolute atomic E-state index is 12.2. The standard InChI is InChI=1S/C16H12F3NO/c1-11(16(17,18)19)7-3-2-4-10-14-15(20)12-8-5-6-9-13(12)21-14/h2-10,20H,1H2/b4-2+,7-3-,14-10-,20-15?. The van der Waals surface area contributed by atoms with Gasteiger partial charge in [0.1, 0.15) is 11.5 Å². The fraction of sp³-hybridized carbons (Fsp3) is 0.0625. The fourth-order valence-corrected chi connectivity index (χ4v) is 1.66. The minimum atomic E-state index is -4.42. The smallest absolute Gasteiger partial charge is 0.415 e. The highest BCUT2D eigenvalue weighted by atomic mass is 19.4. The van der Waals surface area contributed by atoms with Gasteiger partial charge in [-0.15, -0.1) is 0 Å². The summed E-state index contributed by atoms with van der Waals surface area (Å²) in [6, 6.07) is 7.13. The molecule has 0 spiro atoms. The van der Waals surface area contributed by atoms with Crippen molar-refractivity contribution in [1.82, 2.24) is 0 Å². The molecule has 0 saturated heterocycles. The van der Waals surface area contributed by atoms with Gasteiger partial charge in [0.25, 0.3) is 0 Å². The second kappa shape index (κ2) is 5.83. The van der Waals surface area contributed by atoms with E-state index in [4.69, 9.17) is 10.1 Å². The van der Waals surface area contributed by atoms with Crippen molar-refractivity contribution in [3.05, 3.63) is 78.1 Å². The van der Waals surface area contributed by atoms with E-state index in [9.17, 15) is 13.2 Å². The monoisotopic (exact) mass is 291 g/mol. The zero-order chi connectivity index (χ0) is 15.5. The van der Waals surface area contributed by atoms with Crippen LogP contribution in [0.4, 0.5) is 13.2 Å². The maximum atomic E-state index is 12.2. The van der Waals surface area contributed by atoms with Crippen molar-refractivity contribution in [3.63, 3.8) is 0 Å². The Hall–Kier alpha value is -2.56. The molecule has 2 rings (SSSR count). The summed E-state index contributed by atoms with van der Waals surface area (Å²) in [6.07, 6.45) is 2.16. The number of alkyl halides is 3. The minimum absolute atomic E-state index is 0.249. The third-order valence-corrected chi connectivity index (χ3v) is 2.75. The van der Waals surface area contributed by atoms with E-state index in [0.717, 1.165) is 6.08 Å². The lowest BCUT2D eigenvalue weighted by atomic mass is 10.1. The van der Waals surface area contributed by atoms with Crippen LogP contribution in [0, 0.1) is 5.41 Å². The first-order valence-electron chi connectivity index (χ1n) is 6.07. The van der Waals surface area contributed by atoms with Crippen molar-refractivity contribution in [1.29, 1.82) is 5.41 Å². The van der Waals surface area contributed by atoms with Crippen molar-refractivity contribution in [2.24, 2.45) is 0 Å². The lowest BCUT2D eigenvalue weighted by Crippen LogP contribution is -2.08. The molecule has 0 fully saturated rings. The molecule has 1 aliphatic heterocycles. The molecular formula is C16H12F3NO. The Morgan fingerprint density at radius 3 is 2.52 bits per heavy atom. The minimum Gasteiger partial charge on any atom is -0.454 e. The van der Waals surface area contributed by atoms with Crippen LogP contribution >= 0.6 is 0 Å². The quantitative estimate of drug-likeness (QED) is 0.813. The number of fused-ring (bicyclic) bond motifs is 1. The number of nitrogens with one attached hydrogen (secondary N) is 1. The third-order valence-electron chi connectivity index (χ3n) is 2.75. The van der Waals surface area contributed by atoms with Gasteiger partial charge in [-0.3, -0.25) is 5.41 Å². The number of para-hydroxylation sites is 1. The van der Waals surface area contributed by atoms with E-state index in [1.165, 1.54) is 24.3 Å². The highest BCUT2D eigenvalue weighted by molar-refractivity contribution is 6.14. The van der Waals surface area contributed by atoms with Crippen molar-refractivity contribution < 1.29 is 17.9 Å². The Kier molecular flexibility index (Phi) is 4.12. The van der Waals surface area contributed by atoms with Gasteiger partial charge in [-0.2, -0.15) is 13.2 Å². The highest BCUT2D eigenvalue weighted by Gasteiger charge is 2.29. The molecule has 1 N–H and O–H groups in total. The van der Waals surface area contributed by atoms with Crippen molar-refractivity contribution in [2.75, 3.05) is 0 Å². The first kappa shape index (κ1) is 14.8. The first-order chi connectivity index (χ1) is 9.89. The van der Waals surface area contributed by atoms with E-state index < -0.39 is 11.7 Å². The molecule has 0 unspecified atom stereocenters. The van der Waals surface area contributed by atoms with E-state index in [-0.39, 0.29) is 5.71 Å². The Balaban J connectivity index is 2.01. The molecule has 1 aromatic carbocycles. The molecule has 0 aromatic heterocycles. The second-order valence-corrected chi connectivity index (χ2v) is 4.27. The van der Waals surface area contributed by atoms with Gasteiger partial charge in [-0.05, 0) is 18.2 Å². The Bertz CT molecular complexity index is 666. The van der Waals surface area contributed by atoms with Gasteiger partial charge in [0, 0.05) is 11.1 Å². The van der Waals surface area contributed by atoms with Crippen LogP contribution in [-0.2, 0) is 0 Å². The zero-order valence-corrected chi connectivity index (χ0v) is 10.9. The predicted octanol–water partition coefficient (Wildman–Crippen LogP) is 4.56. The summed E-state index contributed by atoms with van der Waals surface area (Å²) in [7, 11) is 0. The summed E-state index contributed by atoms with van der Waals surface area (Å²) >= 11 is 0. The number of hydrogen-bond acceptors (Lipinski definition) is 2. The molecular weight excluding hydrogens is 279 g/mol. The molecule has 1 heterocycles. The van der Waals surface area contributed by atoms with Gasteiger partial charge in [0.15, 0.2) is 5.76 Å². The largest absolute Gasteiger partial charge is 0.454 e. The molecule has 1 aliphatic rings. The van der Waals surface area contributed by atoms with E-state index >= 15 is 0 Å². The molecule has 0 atom stereocenters. The lowest BCUT2D eigenvalue weighted by Gasteiger charge is -2.03. The molecule has 108 valence electrons. The maximum Gasteiger partial charge on any atom is 0.415 e. The number of rotatable bonds is 3. The van der Waals surface area contributed by atoms with Crippen LogP contribution in [0.1, 0.15) is 5.56 Å². The van der Waals surface area contributed by atoms with Gasteiger partial charge < -0.3 is 4.74 Å². The van der Waals surface area contributed by atoms with Crippen molar-refractivity contribution in [2.45, 2.75) is 6.18 Å². The Morgan fingerprint density at radius 1 is 1.14 bits per heavy atom. The Labute approximate surface area is 120 Å². The van der Waals surface area contributed by atoms with E-state index in [1.54, 1.807) is 24.3 Å². The lowest BCUT2D eigenvalue weighted by molar-refractivity contribution is -0.0878. The van der Waals surface area contributed by atoms with E-state index in [1.807, 2.05) is 0 Å². The number of ether oxygens (including phenoxy) is 1. The van der Waals surface area contributed by atoms with Crippen LogP contribution in [0.15, 0.2) is 72.6 Å². The van der Waals surface area contributed by atoms with Crippen molar-refractivity contribution in [3.8, 4) is 5.75 Å². The number of allylic oxidation sites excluding steroid dienone is 7. The average Bonchev–Trinajstić information content (AvgIpc) is 2.74. The second-order valence-electron chi connectivity index (χ2n) is 4.27. The van der Waals surface area contributed by atoms with Gasteiger partial charge in [-0.1, -0.05) is 43.0 Å². The molecule has 0 amide bonds. The summed E-state index contributed by atoms with van der Waals surface area (Å²) < 4.78 is 42.0. The molecule has 5 heteroatoms. The summed E-state index contributed by atoms with van der Waals surface area (Å²) in [5.74, 6) is 0.957. The number of benzene rings is 1. The topological polar surface area (TPSA) is 33.1 Å². The molecule has 21 heavy (non-hydrogen) atoms. The fourth-order valence-electron chi connectivity index (χ4n) is 1.66. The molecule has 1 aromatic rings. The predicted molar refractivity (Wildman–Crippen MR) is 75.5 cm³/mol. The third kappa shape index (κ3) is 3.51. The van der Waals surface area contributed by atoms with Gasteiger partial charge in [0.05, 0.1) is 0 Å². The van der Waals surface area contributed by atoms with Gasteiger partial charge in [0.2, 0.25) is 0 Å². The summed E-state index contributed by atoms with van der Waals surface area (Å²) in [4.78, 5) is 0. The van der Waals surface area contributed by atoms with Gasteiger partial charge in [-0.25, -0.2) is 0 Å². The van der Waals surface area contributed by atoms with Crippen LogP contribution < -0.4 is 4.74 Å². The molecule has 0 saturated carbocycles. The van der Waals surface area contributed by atoms with E-state index in [0.29, 0.717) is 17.1 Å². The van der Waals surface area contributed by atoms with Crippen LogP contribution in [0.3, 0.4) is 0 Å². The summed E-state index contributed by atoms with van der Waals surface area (Å²) in [5, 5.41) is 7.91. The molecule has 0 aliphatic carbocycles. The summed E-state index contributed by atoms with van der Waals surface area (Å²) in [6.45, 7) is 2.92.